The van der Waals surface area contributed by atoms with Crippen LogP contribution in [0.1, 0.15) is 22.9 Å². The van der Waals surface area contributed by atoms with Gasteiger partial charge in [-0.25, -0.2) is 0 Å². The Labute approximate surface area is 136 Å². The molecule has 0 saturated carbocycles. The maximum atomic E-state index is 9.47. The van der Waals surface area contributed by atoms with Crippen LogP contribution in [0.4, 0.5) is 0 Å². The van der Waals surface area contributed by atoms with Crippen LogP contribution < -0.4 is 5.32 Å². The molecule has 0 saturated heterocycles. The Morgan fingerprint density at radius 2 is 1.90 bits per heavy atom. The number of aromatic hydroxyl groups is 1. The summed E-state index contributed by atoms with van der Waals surface area (Å²) in [6, 6.07) is 14.2. The highest BCUT2D eigenvalue weighted by molar-refractivity contribution is 14.1. The average molecular weight is 390 g/mol. The Morgan fingerprint density at radius 3 is 2.71 bits per heavy atom. The Balaban J connectivity index is 1.88. The van der Waals surface area contributed by atoms with Gasteiger partial charge < -0.3 is 15.4 Å². The van der Waals surface area contributed by atoms with Crippen molar-refractivity contribution < 1.29 is 5.11 Å². The zero-order valence-corrected chi connectivity index (χ0v) is 13.5. The molecule has 2 heterocycles. The van der Waals surface area contributed by atoms with Crippen LogP contribution in [0.3, 0.4) is 0 Å². The van der Waals surface area contributed by atoms with E-state index in [1.54, 1.807) is 12.1 Å². The number of aromatic amines is 1. The molecule has 106 valence electrons. The molecule has 0 radical (unpaired) electrons. The second kappa shape index (κ2) is 5.03. The SMILES string of the molecule is Oc1ccc(C2NCCc3c2[nH]c2ccc(I)cc32)cc1. The lowest BCUT2D eigenvalue weighted by Crippen LogP contribution is -2.30. The minimum atomic E-state index is 0.166. The Kier molecular flexibility index (Phi) is 3.15. The molecule has 0 spiro atoms. The van der Waals surface area contributed by atoms with Crippen LogP contribution in [0.2, 0.25) is 0 Å². The molecule has 1 atom stereocenters. The van der Waals surface area contributed by atoms with Crippen LogP contribution in [0, 0.1) is 3.57 Å². The third kappa shape index (κ3) is 2.22. The van der Waals surface area contributed by atoms with Gasteiger partial charge in [-0.2, -0.15) is 0 Å². The van der Waals surface area contributed by atoms with Crippen LogP contribution in [-0.2, 0) is 6.42 Å². The van der Waals surface area contributed by atoms with Crippen LogP contribution in [-0.4, -0.2) is 16.6 Å². The lowest BCUT2D eigenvalue weighted by Gasteiger charge is -2.24. The van der Waals surface area contributed by atoms with Crippen molar-refractivity contribution in [3.63, 3.8) is 0 Å². The van der Waals surface area contributed by atoms with Crippen LogP contribution >= 0.6 is 22.6 Å². The second-order valence-corrected chi connectivity index (χ2v) is 6.68. The van der Waals surface area contributed by atoms with Gasteiger partial charge in [0.05, 0.1) is 6.04 Å². The van der Waals surface area contributed by atoms with Crippen LogP contribution in [0.15, 0.2) is 42.5 Å². The summed E-state index contributed by atoms with van der Waals surface area (Å²) in [4.78, 5) is 3.58. The summed E-state index contributed by atoms with van der Waals surface area (Å²) in [6.45, 7) is 0.969. The van der Waals surface area contributed by atoms with Gasteiger partial charge in [0.25, 0.3) is 0 Å². The van der Waals surface area contributed by atoms with Gasteiger partial charge in [-0.15, -0.1) is 0 Å². The normalized spacial score (nSPS) is 17.9. The molecule has 21 heavy (non-hydrogen) atoms. The molecular formula is C17H15IN2O. The Morgan fingerprint density at radius 1 is 1.10 bits per heavy atom. The number of H-pyrrole nitrogens is 1. The van der Waals surface area contributed by atoms with Crippen LogP contribution in [0.5, 0.6) is 5.75 Å². The number of aromatic nitrogens is 1. The fourth-order valence-corrected chi connectivity index (χ4v) is 3.64. The molecule has 1 unspecified atom stereocenters. The van der Waals surface area contributed by atoms with E-state index in [0.717, 1.165) is 13.0 Å². The quantitative estimate of drug-likeness (QED) is 0.555. The smallest absolute Gasteiger partial charge is 0.115 e. The first-order valence-corrected chi connectivity index (χ1v) is 8.12. The zero-order valence-electron chi connectivity index (χ0n) is 11.4. The van der Waals surface area contributed by atoms with Gasteiger partial charge in [-0.3, -0.25) is 0 Å². The van der Waals surface area contributed by atoms with Gasteiger partial charge in [0, 0.05) is 26.7 Å². The highest BCUT2D eigenvalue weighted by atomic mass is 127. The van der Waals surface area contributed by atoms with E-state index in [1.807, 2.05) is 12.1 Å². The number of phenols is 1. The Bertz CT molecular complexity index is 808. The first-order valence-electron chi connectivity index (χ1n) is 7.05. The summed E-state index contributed by atoms with van der Waals surface area (Å²) >= 11 is 2.36. The fraction of sp³-hybridized carbons (Fsp3) is 0.176. The van der Waals surface area contributed by atoms with Crippen molar-refractivity contribution in [3.05, 3.63) is 62.9 Å². The number of nitrogens with one attached hydrogen (secondary N) is 2. The van der Waals surface area contributed by atoms with Crippen LogP contribution in [0.25, 0.3) is 10.9 Å². The molecule has 0 aliphatic carbocycles. The van der Waals surface area contributed by atoms with Crippen molar-refractivity contribution in [3.8, 4) is 5.75 Å². The van der Waals surface area contributed by atoms with Crippen molar-refractivity contribution in [1.29, 1.82) is 0 Å². The maximum Gasteiger partial charge on any atom is 0.115 e. The standard InChI is InChI=1S/C17H15IN2O/c18-11-3-6-15-14(9-11)13-7-8-19-16(17(13)20-15)10-1-4-12(21)5-2-10/h1-6,9,16,19-21H,7-8H2. The first-order chi connectivity index (χ1) is 10.2. The zero-order chi connectivity index (χ0) is 14.4. The summed E-state index contributed by atoms with van der Waals surface area (Å²) in [5.41, 5.74) is 5.05. The monoisotopic (exact) mass is 390 g/mol. The molecule has 3 nitrogen and oxygen atoms in total. The summed E-state index contributed by atoms with van der Waals surface area (Å²) in [7, 11) is 0. The fourth-order valence-electron chi connectivity index (χ4n) is 3.15. The highest BCUT2D eigenvalue weighted by Crippen LogP contribution is 2.34. The average Bonchev–Trinajstić information content (AvgIpc) is 2.86. The first kappa shape index (κ1) is 13.2. The summed E-state index contributed by atoms with van der Waals surface area (Å²) in [6.07, 6.45) is 1.05. The van der Waals surface area contributed by atoms with Crippen molar-refractivity contribution in [2.24, 2.45) is 0 Å². The van der Waals surface area contributed by atoms with E-state index in [4.69, 9.17) is 0 Å². The van der Waals surface area contributed by atoms with Gasteiger partial charge in [-0.1, -0.05) is 12.1 Å². The van der Waals surface area contributed by atoms with E-state index >= 15 is 0 Å². The molecule has 1 aliphatic rings. The molecule has 2 aromatic carbocycles. The van der Waals surface area contributed by atoms with Gasteiger partial charge in [0.15, 0.2) is 0 Å². The summed E-state index contributed by atoms with van der Waals surface area (Å²) < 4.78 is 1.27. The number of fused-ring (bicyclic) bond motifs is 3. The third-order valence-corrected chi connectivity index (χ3v) is 4.81. The van der Waals surface area contributed by atoms with Gasteiger partial charge in [-0.05, 0) is 70.5 Å². The molecule has 0 amide bonds. The van der Waals surface area contributed by atoms with Crippen molar-refractivity contribution in [2.45, 2.75) is 12.5 Å². The minimum Gasteiger partial charge on any atom is -0.508 e. The number of hydrogen-bond donors (Lipinski definition) is 3. The van der Waals surface area contributed by atoms with Gasteiger partial charge >= 0.3 is 0 Å². The number of hydrogen-bond acceptors (Lipinski definition) is 2. The van der Waals surface area contributed by atoms with E-state index in [9.17, 15) is 5.11 Å². The van der Waals surface area contributed by atoms with E-state index in [0.29, 0.717) is 5.75 Å². The molecule has 4 rings (SSSR count). The number of benzene rings is 2. The minimum absolute atomic E-state index is 0.166. The van der Waals surface area contributed by atoms with E-state index in [1.165, 1.54) is 31.3 Å². The Hall–Kier alpha value is -1.53. The number of phenolic OH excluding ortho intramolecular Hbond substituents is 1. The third-order valence-electron chi connectivity index (χ3n) is 4.14. The molecule has 1 aromatic heterocycles. The number of halogens is 1. The van der Waals surface area contributed by atoms with E-state index in [-0.39, 0.29) is 6.04 Å². The van der Waals surface area contributed by atoms with Gasteiger partial charge in [0.1, 0.15) is 5.75 Å². The van der Waals surface area contributed by atoms with Gasteiger partial charge in [0.2, 0.25) is 0 Å². The lowest BCUT2D eigenvalue weighted by molar-refractivity contribution is 0.474. The maximum absolute atomic E-state index is 9.47. The summed E-state index contributed by atoms with van der Waals surface area (Å²) in [5, 5.41) is 14.4. The second-order valence-electron chi connectivity index (χ2n) is 5.44. The lowest BCUT2D eigenvalue weighted by atomic mass is 9.94. The highest BCUT2D eigenvalue weighted by Gasteiger charge is 2.25. The largest absolute Gasteiger partial charge is 0.508 e. The summed E-state index contributed by atoms with van der Waals surface area (Å²) in [5.74, 6) is 0.306. The molecule has 1 aliphatic heterocycles. The molecule has 4 heteroatoms. The molecule has 0 bridgehead atoms. The van der Waals surface area contributed by atoms with Crippen molar-refractivity contribution >= 4 is 33.5 Å². The van der Waals surface area contributed by atoms with E-state index in [2.05, 4.69) is 51.1 Å². The molecule has 3 N–H and O–H groups in total. The predicted molar refractivity (Wildman–Crippen MR) is 92.7 cm³/mol. The van der Waals surface area contributed by atoms with Crippen molar-refractivity contribution in [2.75, 3.05) is 6.54 Å². The predicted octanol–water partition coefficient (Wildman–Crippen LogP) is 3.71. The van der Waals surface area contributed by atoms with E-state index < -0.39 is 0 Å². The van der Waals surface area contributed by atoms with Crippen molar-refractivity contribution in [1.82, 2.24) is 10.3 Å². The molecule has 3 aromatic rings. The number of rotatable bonds is 1. The molecule has 0 fully saturated rings. The molecular weight excluding hydrogens is 375 g/mol. The topological polar surface area (TPSA) is 48.0 Å².